The molecule has 0 radical (unpaired) electrons. The summed E-state index contributed by atoms with van der Waals surface area (Å²) in [4.78, 5) is 26.4. The van der Waals surface area contributed by atoms with Crippen LogP contribution in [-0.4, -0.2) is 36.4 Å². The van der Waals surface area contributed by atoms with Crippen molar-refractivity contribution in [2.75, 3.05) is 25.0 Å². The summed E-state index contributed by atoms with van der Waals surface area (Å²) in [5, 5.41) is 2.57. The molecular weight excluding hydrogens is 361 g/mol. The summed E-state index contributed by atoms with van der Waals surface area (Å²) in [6.45, 7) is 4.78. The van der Waals surface area contributed by atoms with E-state index >= 15 is 0 Å². The van der Waals surface area contributed by atoms with E-state index in [1.165, 1.54) is 6.07 Å². The highest BCUT2D eigenvalue weighted by molar-refractivity contribution is 5.94. The minimum Gasteiger partial charge on any atom is -0.492 e. The number of ether oxygens (including phenoxy) is 1. The van der Waals surface area contributed by atoms with Gasteiger partial charge in [-0.15, -0.1) is 0 Å². The van der Waals surface area contributed by atoms with E-state index in [0.29, 0.717) is 25.8 Å². The predicted molar refractivity (Wildman–Crippen MR) is 95.5 cm³/mol. The van der Waals surface area contributed by atoms with Crippen LogP contribution in [0.2, 0.25) is 0 Å². The lowest BCUT2D eigenvalue weighted by Gasteiger charge is -2.32. The van der Waals surface area contributed by atoms with E-state index in [-0.39, 0.29) is 30.5 Å². The summed E-state index contributed by atoms with van der Waals surface area (Å²) in [6.07, 6.45) is -2.08. The summed E-state index contributed by atoms with van der Waals surface area (Å²) in [6, 6.07) is 3.01. The van der Waals surface area contributed by atoms with E-state index in [1.807, 2.05) is 6.92 Å². The van der Waals surface area contributed by atoms with E-state index < -0.39 is 23.6 Å². The Hall–Kier alpha value is -2.25. The number of carbonyl (C=O) groups excluding carboxylic acids is 2. The molecule has 1 aliphatic heterocycles. The molecule has 1 saturated heterocycles. The minimum atomic E-state index is -4.52. The van der Waals surface area contributed by atoms with Crippen molar-refractivity contribution >= 4 is 17.5 Å². The first-order chi connectivity index (χ1) is 12.8. The molecule has 2 amide bonds. The molecule has 1 heterocycles. The fourth-order valence-corrected chi connectivity index (χ4v) is 3.11. The lowest BCUT2D eigenvalue weighted by molar-refractivity contribution is -0.138. The molecule has 1 atom stereocenters. The van der Waals surface area contributed by atoms with Gasteiger partial charge in [-0.05, 0) is 44.4 Å². The van der Waals surface area contributed by atoms with Gasteiger partial charge in [-0.1, -0.05) is 6.92 Å². The maximum absolute atomic E-state index is 13.0. The van der Waals surface area contributed by atoms with Crippen LogP contribution in [0, 0.1) is 5.92 Å². The molecule has 0 spiro atoms. The number of halogens is 3. The molecular formula is C19H25F3N2O3. The van der Waals surface area contributed by atoms with Crippen molar-refractivity contribution in [3.8, 4) is 5.75 Å². The van der Waals surface area contributed by atoms with Gasteiger partial charge in [0, 0.05) is 19.5 Å². The predicted octanol–water partition coefficient (Wildman–Crippen LogP) is 4.08. The largest absolute Gasteiger partial charge is 0.492 e. The van der Waals surface area contributed by atoms with Crippen LogP contribution in [0.3, 0.4) is 0 Å². The zero-order chi connectivity index (χ0) is 20.0. The van der Waals surface area contributed by atoms with E-state index in [9.17, 15) is 22.8 Å². The first kappa shape index (κ1) is 21.1. The minimum absolute atomic E-state index is 0.00377. The van der Waals surface area contributed by atoms with Gasteiger partial charge in [0.15, 0.2) is 0 Å². The number of rotatable bonds is 6. The Bertz CT molecular complexity index is 677. The maximum atomic E-state index is 13.0. The highest BCUT2D eigenvalue weighted by Crippen LogP contribution is 2.35. The molecule has 0 aromatic heterocycles. The number of hydrogen-bond acceptors (Lipinski definition) is 3. The maximum Gasteiger partial charge on any atom is 0.416 e. The van der Waals surface area contributed by atoms with Crippen molar-refractivity contribution in [2.45, 2.75) is 45.7 Å². The summed E-state index contributed by atoms with van der Waals surface area (Å²) < 4.78 is 44.3. The molecule has 1 aromatic carbocycles. The van der Waals surface area contributed by atoms with Crippen molar-refractivity contribution in [3.05, 3.63) is 23.8 Å². The molecule has 27 heavy (non-hydrogen) atoms. The highest BCUT2D eigenvalue weighted by Gasteiger charge is 2.32. The Balaban J connectivity index is 2.14. The molecule has 0 bridgehead atoms. The number of anilines is 1. The van der Waals surface area contributed by atoms with Crippen LogP contribution >= 0.6 is 0 Å². The third-order valence-electron chi connectivity index (χ3n) is 4.47. The topological polar surface area (TPSA) is 58.6 Å². The van der Waals surface area contributed by atoms with Crippen LogP contribution < -0.4 is 10.1 Å². The van der Waals surface area contributed by atoms with Crippen LogP contribution in [0.4, 0.5) is 18.9 Å². The van der Waals surface area contributed by atoms with E-state index in [0.717, 1.165) is 18.6 Å². The monoisotopic (exact) mass is 386 g/mol. The number of likely N-dealkylation sites (tertiary alicyclic amines) is 1. The van der Waals surface area contributed by atoms with Crippen LogP contribution in [0.25, 0.3) is 0 Å². The van der Waals surface area contributed by atoms with Gasteiger partial charge in [-0.3, -0.25) is 9.59 Å². The lowest BCUT2D eigenvalue weighted by atomic mass is 9.96. The lowest BCUT2D eigenvalue weighted by Crippen LogP contribution is -2.43. The average Bonchev–Trinajstić information content (AvgIpc) is 2.62. The van der Waals surface area contributed by atoms with Crippen molar-refractivity contribution < 1.29 is 27.5 Å². The molecule has 8 heteroatoms. The molecule has 0 aliphatic carbocycles. The van der Waals surface area contributed by atoms with Gasteiger partial charge < -0.3 is 15.0 Å². The second kappa shape index (κ2) is 9.10. The fourth-order valence-electron chi connectivity index (χ4n) is 3.11. The van der Waals surface area contributed by atoms with Crippen LogP contribution in [0.5, 0.6) is 5.75 Å². The van der Waals surface area contributed by atoms with Gasteiger partial charge in [-0.2, -0.15) is 13.2 Å². The normalized spacial score (nSPS) is 17.5. The van der Waals surface area contributed by atoms with Gasteiger partial charge in [0.1, 0.15) is 5.75 Å². The first-order valence-electron chi connectivity index (χ1n) is 9.19. The van der Waals surface area contributed by atoms with E-state index in [1.54, 1.807) is 11.8 Å². The summed E-state index contributed by atoms with van der Waals surface area (Å²) in [7, 11) is 0. The SMILES string of the molecule is CCCC(=O)N1CCCC(C(=O)Nc2cc(C(F)(F)F)ccc2OCC)C1. The number of hydrogen-bond donors (Lipinski definition) is 1. The van der Waals surface area contributed by atoms with Crippen LogP contribution in [0.15, 0.2) is 18.2 Å². The molecule has 1 N–H and O–H groups in total. The van der Waals surface area contributed by atoms with Crippen molar-refractivity contribution in [1.29, 1.82) is 0 Å². The van der Waals surface area contributed by atoms with Crippen LogP contribution in [0.1, 0.15) is 45.1 Å². The van der Waals surface area contributed by atoms with Gasteiger partial charge in [-0.25, -0.2) is 0 Å². The van der Waals surface area contributed by atoms with Gasteiger partial charge in [0.05, 0.1) is 23.8 Å². The van der Waals surface area contributed by atoms with Crippen LogP contribution in [-0.2, 0) is 15.8 Å². The average molecular weight is 386 g/mol. The standard InChI is InChI=1S/C19H25F3N2O3/c1-3-6-17(25)24-10-5-7-13(12-24)18(26)23-15-11-14(19(20,21)22)8-9-16(15)27-4-2/h8-9,11,13H,3-7,10,12H2,1-2H3,(H,23,26). The number of benzene rings is 1. The summed E-state index contributed by atoms with van der Waals surface area (Å²) in [5.74, 6) is -0.662. The van der Waals surface area contributed by atoms with Gasteiger partial charge in [0.2, 0.25) is 11.8 Å². The molecule has 1 fully saturated rings. The molecule has 0 saturated carbocycles. The Morgan fingerprint density at radius 1 is 1.30 bits per heavy atom. The smallest absolute Gasteiger partial charge is 0.416 e. The molecule has 2 rings (SSSR count). The Morgan fingerprint density at radius 3 is 2.67 bits per heavy atom. The van der Waals surface area contributed by atoms with Crippen molar-refractivity contribution in [3.63, 3.8) is 0 Å². The third-order valence-corrected chi connectivity index (χ3v) is 4.47. The molecule has 1 aromatic rings. The Kier molecular flexibility index (Phi) is 7.10. The molecule has 1 aliphatic rings. The quantitative estimate of drug-likeness (QED) is 0.801. The van der Waals surface area contributed by atoms with Gasteiger partial charge in [0.25, 0.3) is 0 Å². The van der Waals surface area contributed by atoms with Crippen molar-refractivity contribution in [1.82, 2.24) is 4.90 Å². The number of alkyl halides is 3. The second-order valence-electron chi connectivity index (χ2n) is 6.56. The Labute approximate surface area is 156 Å². The van der Waals surface area contributed by atoms with E-state index in [4.69, 9.17) is 4.74 Å². The number of piperidine rings is 1. The van der Waals surface area contributed by atoms with Crippen molar-refractivity contribution in [2.24, 2.45) is 5.92 Å². The second-order valence-corrected chi connectivity index (χ2v) is 6.56. The van der Waals surface area contributed by atoms with Gasteiger partial charge >= 0.3 is 6.18 Å². The first-order valence-corrected chi connectivity index (χ1v) is 9.19. The third kappa shape index (κ3) is 5.61. The summed E-state index contributed by atoms with van der Waals surface area (Å²) >= 11 is 0. The van der Waals surface area contributed by atoms with E-state index in [2.05, 4.69) is 5.32 Å². The molecule has 5 nitrogen and oxygen atoms in total. The summed E-state index contributed by atoms with van der Waals surface area (Å²) in [5.41, 5.74) is -0.863. The molecule has 1 unspecified atom stereocenters. The number of nitrogens with one attached hydrogen (secondary N) is 1. The number of carbonyl (C=O) groups is 2. The fraction of sp³-hybridized carbons (Fsp3) is 0.579. The zero-order valence-corrected chi connectivity index (χ0v) is 15.6. The molecule has 150 valence electrons. The number of nitrogens with zero attached hydrogens (tertiary/aromatic N) is 1. The zero-order valence-electron chi connectivity index (χ0n) is 15.6. The number of amides is 2. The Morgan fingerprint density at radius 2 is 2.04 bits per heavy atom. The highest BCUT2D eigenvalue weighted by atomic mass is 19.4.